The molecule has 0 radical (unpaired) electrons. The summed E-state index contributed by atoms with van der Waals surface area (Å²) >= 11 is 0. The number of ether oxygens (including phenoxy) is 1. The lowest BCUT2D eigenvalue weighted by molar-refractivity contribution is -0.129. The van der Waals surface area contributed by atoms with Crippen molar-refractivity contribution in [3.8, 4) is 0 Å². The molecule has 3 heteroatoms. The zero-order valence-corrected chi connectivity index (χ0v) is 10.2. The van der Waals surface area contributed by atoms with E-state index in [0.29, 0.717) is 12.5 Å². The molecule has 1 unspecified atom stereocenters. The van der Waals surface area contributed by atoms with Crippen LogP contribution in [0.3, 0.4) is 0 Å². The molecule has 0 fully saturated rings. The molecule has 0 heterocycles. The van der Waals surface area contributed by atoms with Gasteiger partial charge in [0.05, 0.1) is 6.10 Å². The first-order valence-electron chi connectivity index (χ1n) is 5.10. The summed E-state index contributed by atoms with van der Waals surface area (Å²) in [6.07, 6.45) is 0.0984. The summed E-state index contributed by atoms with van der Waals surface area (Å²) in [6.45, 7) is 10.5. The first-order valence-corrected chi connectivity index (χ1v) is 5.10. The third-order valence-corrected chi connectivity index (χ3v) is 2.19. The predicted molar refractivity (Wildman–Crippen MR) is 58.1 cm³/mol. The van der Waals surface area contributed by atoms with E-state index in [0.717, 1.165) is 0 Å². The molecule has 3 nitrogen and oxygen atoms in total. The van der Waals surface area contributed by atoms with Gasteiger partial charge >= 0.3 is 0 Å². The Balaban J connectivity index is 3.99. The van der Waals surface area contributed by atoms with E-state index in [1.54, 1.807) is 7.11 Å². The van der Waals surface area contributed by atoms with Crippen molar-refractivity contribution in [3.05, 3.63) is 0 Å². The highest BCUT2D eigenvalue weighted by molar-refractivity contribution is 5.81. The van der Waals surface area contributed by atoms with Gasteiger partial charge in [-0.2, -0.15) is 0 Å². The largest absolute Gasteiger partial charge is 0.379 e. The van der Waals surface area contributed by atoms with Crippen LogP contribution >= 0.6 is 0 Å². The van der Waals surface area contributed by atoms with Crippen LogP contribution in [0.4, 0.5) is 0 Å². The zero-order valence-electron chi connectivity index (χ0n) is 10.2. The highest BCUT2D eigenvalue weighted by Gasteiger charge is 2.22. The van der Waals surface area contributed by atoms with Crippen LogP contribution in [0.1, 0.15) is 34.6 Å². The zero-order chi connectivity index (χ0) is 11.4. The van der Waals surface area contributed by atoms with E-state index in [1.807, 2.05) is 20.8 Å². The van der Waals surface area contributed by atoms with E-state index in [9.17, 15) is 4.79 Å². The summed E-state index contributed by atoms with van der Waals surface area (Å²) in [4.78, 5) is 11.5. The molecule has 0 aromatic heterocycles. The SMILES string of the molecule is COC(CNC(=O)C(C)(C)C)C(C)C. The molecule has 0 aromatic carbocycles. The van der Waals surface area contributed by atoms with Crippen LogP contribution in [0.5, 0.6) is 0 Å². The normalized spacial score (nSPS) is 14.2. The minimum Gasteiger partial charge on any atom is -0.379 e. The van der Waals surface area contributed by atoms with Gasteiger partial charge in [0.2, 0.25) is 5.91 Å². The molecule has 0 aliphatic rings. The number of amides is 1. The molecule has 1 amide bonds. The molecular formula is C11H23NO2. The lowest BCUT2D eigenvalue weighted by Gasteiger charge is -2.23. The molecule has 0 rings (SSSR count). The lowest BCUT2D eigenvalue weighted by Crippen LogP contribution is -2.41. The summed E-state index contributed by atoms with van der Waals surface area (Å²) in [6, 6.07) is 0. The first kappa shape index (κ1) is 13.4. The topological polar surface area (TPSA) is 38.3 Å². The second-order valence-corrected chi connectivity index (χ2v) is 4.98. The van der Waals surface area contributed by atoms with E-state index in [4.69, 9.17) is 4.74 Å². The van der Waals surface area contributed by atoms with Gasteiger partial charge in [0.1, 0.15) is 0 Å². The third-order valence-electron chi connectivity index (χ3n) is 2.19. The van der Waals surface area contributed by atoms with Crippen molar-refractivity contribution in [2.45, 2.75) is 40.7 Å². The number of rotatable bonds is 4. The second-order valence-electron chi connectivity index (χ2n) is 4.98. The third kappa shape index (κ3) is 4.61. The quantitative estimate of drug-likeness (QED) is 0.753. The fourth-order valence-corrected chi connectivity index (χ4v) is 1.05. The first-order chi connectivity index (χ1) is 6.29. The Morgan fingerprint density at radius 3 is 2.14 bits per heavy atom. The maximum Gasteiger partial charge on any atom is 0.225 e. The molecule has 0 aromatic rings. The molecule has 1 atom stereocenters. The van der Waals surface area contributed by atoms with Crippen LogP contribution < -0.4 is 5.32 Å². The van der Waals surface area contributed by atoms with E-state index in [1.165, 1.54) is 0 Å². The number of methoxy groups -OCH3 is 1. The molecule has 0 saturated carbocycles. The Hall–Kier alpha value is -0.570. The minimum atomic E-state index is -0.324. The molecule has 0 aliphatic carbocycles. The van der Waals surface area contributed by atoms with Crippen LogP contribution in [-0.4, -0.2) is 25.7 Å². The molecule has 14 heavy (non-hydrogen) atoms. The fraction of sp³-hybridized carbons (Fsp3) is 0.909. The van der Waals surface area contributed by atoms with Crippen molar-refractivity contribution in [1.82, 2.24) is 5.32 Å². The summed E-state index contributed by atoms with van der Waals surface area (Å²) < 4.78 is 5.26. The van der Waals surface area contributed by atoms with Gasteiger partial charge in [-0.3, -0.25) is 4.79 Å². The fourth-order valence-electron chi connectivity index (χ4n) is 1.05. The van der Waals surface area contributed by atoms with Gasteiger partial charge in [0, 0.05) is 19.1 Å². The Kier molecular flexibility index (Phi) is 5.13. The average Bonchev–Trinajstić information content (AvgIpc) is 2.02. The molecule has 0 bridgehead atoms. The van der Waals surface area contributed by atoms with Crippen molar-refractivity contribution in [1.29, 1.82) is 0 Å². The van der Waals surface area contributed by atoms with Crippen LogP contribution in [0.15, 0.2) is 0 Å². The van der Waals surface area contributed by atoms with Gasteiger partial charge in [-0.15, -0.1) is 0 Å². The van der Waals surface area contributed by atoms with Gasteiger partial charge in [-0.25, -0.2) is 0 Å². The molecular weight excluding hydrogens is 178 g/mol. The van der Waals surface area contributed by atoms with Crippen molar-refractivity contribution in [2.75, 3.05) is 13.7 Å². The van der Waals surface area contributed by atoms with Gasteiger partial charge in [0.25, 0.3) is 0 Å². The summed E-state index contributed by atoms with van der Waals surface area (Å²) in [5.74, 6) is 0.487. The molecule has 0 saturated heterocycles. The summed E-state index contributed by atoms with van der Waals surface area (Å²) in [5, 5.41) is 2.89. The molecule has 84 valence electrons. The number of hydrogen-bond donors (Lipinski definition) is 1. The van der Waals surface area contributed by atoms with Gasteiger partial charge < -0.3 is 10.1 Å². The molecule has 0 spiro atoms. The number of hydrogen-bond acceptors (Lipinski definition) is 2. The summed E-state index contributed by atoms with van der Waals surface area (Å²) in [5.41, 5.74) is -0.324. The van der Waals surface area contributed by atoms with Crippen LogP contribution in [0.25, 0.3) is 0 Å². The maximum absolute atomic E-state index is 11.5. The monoisotopic (exact) mass is 201 g/mol. The Morgan fingerprint density at radius 1 is 1.36 bits per heavy atom. The van der Waals surface area contributed by atoms with E-state index in [2.05, 4.69) is 19.2 Å². The van der Waals surface area contributed by atoms with Gasteiger partial charge in [-0.05, 0) is 5.92 Å². The van der Waals surface area contributed by atoms with Gasteiger partial charge in [-0.1, -0.05) is 34.6 Å². The highest BCUT2D eigenvalue weighted by atomic mass is 16.5. The van der Waals surface area contributed by atoms with Crippen molar-refractivity contribution >= 4 is 5.91 Å². The van der Waals surface area contributed by atoms with Gasteiger partial charge in [0.15, 0.2) is 0 Å². The Morgan fingerprint density at radius 2 is 1.86 bits per heavy atom. The number of carbonyl (C=O) groups excluding carboxylic acids is 1. The Labute approximate surface area is 87.2 Å². The molecule has 0 aliphatic heterocycles. The van der Waals surface area contributed by atoms with Crippen molar-refractivity contribution in [2.24, 2.45) is 11.3 Å². The maximum atomic E-state index is 11.5. The van der Waals surface area contributed by atoms with Crippen molar-refractivity contribution < 1.29 is 9.53 Å². The summed E-state index contributed by atoms with van der Waals surface area (Å²) in [7, 11) is 1.67. The van der Waals surface area contributed by atoms with Crippen LogP contribution in [0, 0.1) is 11.3 Å². The second kappa shape index (κ2) is 5.35. The van der Waals surface area contributed by atoms with E-state index < -0.39 is 0 Å². The number of carbonyl (C=O) groups is 1. The average molecular weight is 201 g/mol. The lowest BCUT2D eigenvalue weighted by atomic mass is 9.95. The molecule has 1 N–H and O–H groups in total. The van der Waals surface area contributed by atoms with E-state index >= 15 is 0 Å². The van der Waals surface area contributed by atoms with Crippen LogP contribution in [0.2, 0.25) is 0 Å². The number of nitrogens with one attached hydrogen (secondary N) is 1. The Bertz CT molecular complexity index is 182. The highest BCUT2D eigenvalue weighted by Crippen LogP contribution is 2.13. The standard InChI is InChI=1S/C11H23NO2/c1-8(2)9(14-6)7-12-10(13)11(3,4)5/h8-9H,7H2,1-6H3,(H,12,13). The van der Waals surface area contributed by atoms with E-state index in [-0.39, 0.29) is 17.4 Å². The van der Waals surface area contributed by atoms with Crippen molar-refractivity contribution in [3.63, 3.8) is 0 Å². The van der Waals surface area contributed by atoms with Crippen LogP contribution in [-0.2, 0) is 9.53 Å². The smallest absolute Gasteiger partial charge is 0.225 e. The predicted octanol–water partition coefficient (Wildman–Crippen LogP) is 1.82. The minimum absolute atomic E-state index is 0.0696.